The third-order valence-electron chi connectivity index (χ3n) is 4.51. The summed E-state index contributed by atoms with van der Waals surface area (Å²) in [6.07, 6.45) is 0.922. The summed E-state index contributed by atoms with van der Waals surface area (Å²) in [5, 5.41) is 3.46. The van der Waals surface area contributed by atoms with E-state index in [9.17, 15) is 8.78 Å². The van der Waals surface area contributed by atoms with Crippen molar-refractivity contribution in [2.75, 3.05) is 19.6 Å². The molecule has 2 nitrogen and oxygen atoms in total. The van der Waals surface area contributed by atoms with E-state index in [4.69, 9.17) is 0 Å². The van der Waals surface area contributed by atoms with Crippen molar-refractivity contribution in [3.05, 3.63) is 35.4 Å². The molecule has 2 unspecified atom stereocenters. The highest BCUT2D eigenvalue weighted by molar-refractivity contribution is 5.25. The van der Waals surface area contributed by atoms with Gasteiger partial charge in [0.05, 0.1) is 6.04 Å². The number of likely N-dealkylation sites (N-methyl/N-ethyl adjacent to an activating group) is 2. The Bertz CT molecular complexity index is 446. The molecule has 0 spiro atoms. The van der Waals surface area contributed by atoms with Crippen molar-refractivity contribution in [3.63, 3.8) is 0 Å². The Morgan fingerprint density at radius 3 is 2.14 bits per heavy atom. The second-order valence-electron chi connectivity index (χ2n) is 5.55. The molecule has 1 N–H and O–H groups in total. The topological polar surface area (TPSA) is 15.3 Å². The lowest BCUT2D eigenvalue weighted by molar-refractivity contribution is 0.0703. The molecule has 21 heavy (non-hydrogen) atoms. The summed E-state index contributed by atoms with van der Waals surface area (Å²) in [5.41, 5.74) is 0.649. The molecule has 0 saturated carbocycles. The molecule has 0 aliphatic rings. The smallest absolute Gasteiger partial charge is 0.159 e. The van der Waals surface area contributed by atoms with Gasteiger partial charge in [-0.3, -0.25) is 4.90 Å². The zero-order valence-corrected chi connectivity index (χ0v) is 13.8. The van der Waals surface area contributed by atoms with Gasteiger partial charge in [-0.05, 0) is 50.7 Å². The first-order valence-electron chi connectivity index (χ1n) is 7.87. The molecular formula is C17H28F2N2. The summed E-state index contributed by atoms with van der Waals surface area (Å²) in [7, 11) is 0. The zero-order valence-electron chi connectivity index (χ0n) is 13.8. The number of nitrogens with one attached hydrogen (secondary N) is 1. The summed E-state index contributed by atoms with van der Waals surface area (Å²) in [6, 6.07) is 4.18. The standard InChI is InChI=1S/C17H28F2N2/c1-6-17(5,21(8-3)9-4)16(20-7-2)13-10-11-14(18)15(19)12-13/h10-12,16,20H,6-9H2,1-5H3. The predicted octanol–water partition coefficient (Wildman–Crippen LogP) is 4.13. The maximum Gasteiger partial charge on any atom is 0.159 e. The first-order valence-corrected chi connectivity index (χ1v) is 7.87. The Labute approximate surface area is 127 Å². The van der Waals surface area contributed by atoms with Gasteiger partial charge in [0.1, 0.15) is 0 Å². The normalized spacial score (nSPS) is 16.0. The van der Waals surface area contributed by atoms with Crippen molar-refractivity contribution in [2.24, 2.45) is 0 Å². The van der Waals surface area contributed by atoms with Crippen LogP contribution >= 0.6 is 0 Å². The first-order chi connectivity index (χ1) is 9.94. The van der Waals surface area contributed by atoms with Crippen molar-refractivity contribution >= 4 is 0 Å². The van der Waals surface area contributed by atoms with Gasteiger partial charge >= 0.3 is 0 Å². The van der Waals surface area contributed by atoms with Crippen molar-refractivity contribution < 1.29 is 8.78 Å². The highest BCUT2D eigenvalue weighted by Crippen LogP contribution is 2.34. The monoisotopic (exact) mass is 298 g/mol. The van der Waals surface area contributed by atoms with E-state index in [2.05, 4.69) is 37.9 Å². The lowest BCUT2D eigenvalue weighted by Gasteiger charge is -2.46. The average molecular weight is 298 g/mol. The molecule has 0 saturated heterocycles. The fraction of sp³-hybridized carbons (Fsp3) is 0.647. The van der Waals surface area contributed by atoms with Crippen LogP contribution in [0, 0.1) is 11.6 Å². The molecule has 120 valence electrons. The van der Waals surface area contributed by atoms with Crippen LogP contribution in [-0.4, -0.2) is 30.1 Å². The molecule has 0 heterocycles. The summed E-state index contributed by atoms with van der Waals surface area (Å²) in [5.74, 6) is -1.58. The number of hydrogen-bond donors (Lipinski definition) is 1. The van der Waals surface area contributed by atoms with E-state index < -0.39 is 11.6 Å². The van der Waals surface area contributed by atoms with E-state index in [0.717, 1.165) is 31.6 Å². The van der Waals surface area contributed by atoms with E-state index >= 15 is 0 Å². The van der Waals surface area contributed by atoms with E-state index in [0.29, 0.717) is 0 Å². The highest BCUT2D eigenvalue weighted by atomic mass is 19.2. The molecule has 2 atom stereocenters. The number of nitrogens with zero attached hydrogens (tertiary/aromatic N) is 1. The minimum atomic E-state index is -0.796. The number of halogens is 2. The van der Waals surface area contributed by atoms with E-state index in [1.165, 1.54) is 12.1 Å². The molecule has 0 aliphatic heterocycles. The Balaban J connectivity index is 3.27. The second-order valence-corrected chi connectivity index (χ2v) is 5.55. The van der Waals surface area contributed by atoms with Gasteiger partial charge in [-0.15, -0.1) is 0 Å². The fourth-order valence-electron chi connectivity index (χ4n) is 3.15. The lowest BCUT2D eigenvalue weighted by atomic mass is 9.82. The van der Waals surface area contributed by atoms with Crippen molar-refractivity contribution in [1.82, 2.24) is 10.2 Å². The van der Waals surface area contributed by atoms with Crippen LogP contribution < -0.4 is 5.32 Å². The van der Waals surface area contributed by atoms with Crippen LogP contribution in [0.1, 0.15) is 52.6 Å². The maximum atomic E-state index is 13.6. The third-order valence-corrected chi connectivity index (χ3v) is 4.51. The van der Waals surface area contributed by atoms with Gasteiger partial charge in [0.25, 0.3) is 0 Å². The molecule has 0 aliphatic carbocycles. The summed E-state index contributed by atoms with van der Waals surface area (Å²) < 4.78 is 26.8. The third kappa shape index (κ3) is 3.80. The molecule has 4 heteroatoms. The van der Waals surface area contributed by atoms with Gasteiger partial charge < -0.3 is 5.32 Å². The molecule has 0 aromatic heterocycles. The highest BCUT2D eigenvalue weighted by Gasteiger charge is 2.37. The van der Waals surface area contributed by atoms with Crippen molar-refractivity contribution in [3.8, 4) is 0 Å². The fourth-order valence-corrected chi connectivity index (χ4v) is 3.15. The van der Waals surface area contributed by atoms with Gasteiger partial charge in [-0.2, -0.15) is 0 Å². The van der Waals surface area contributed by atoms with Crippen LogP contribution in [0.3, 0.4) is 0 Å². The van der Waals surface area contributed by atoms with E-state index in [-0.39, 0.29) is 11.6 Å². The average Bonchev–Trinajstić information content (AvgIpc) is 2.48. The summed E-state index contributed by atoms with van der Waals surface area (Å²) >= 11 is 0. The van der Waals surface area contributed by atoms with Crippen LogP contribution in [0.15, 0.2) is 18.2 Å². The quantitative estimate of drug-likeness (QED) is 0.776. The van der Waals surface area contributed by atoms with Gasteiger partial charge in [-0.1, -0.05) is 33.8 Å². The number of benzene rings is 1. The van der Waals surface area contributed by atoms with E-state index in [1.54, 1.807) is 6.07 Å². The predicted molar refractivity (Wildman–Crippen MR) is 84.4 cm³/mol. The van der Waals surface area contributed by atoms with Crippen LogP contribution in [0.2, 0.25) is 0 Å². The maximum absolute atomic E-state index is 13.6. The Morgan fingerprint density at radius 2 is 1.71 bits per heavy atom. The largest absolute Gasteiger partial charge is 0.309 e. The van der Waals surface area contributed by atoms with Gasteiger partial charge in [-0.25, -0.2) is 8.78 Å². The SMILES string of the molecule is CCNC(c1ccc(F)c(F)c1)C(C)(CC)N(CC)CC. The Morgan fingerprint density at radius 1 is 1.10 bits per heavy atom. The molecule has 0 fully saturated rings. The van der Waals surface area contributed by atoms with Crippen LogP contribution in [0.5, 0.6) is 0 Å². The molecule has 1 aromatic rings. The van der Waals surface area contributed by atoms with Gasteiger partial charge in [0.2, 0.25) is 0 Å². The minimum Gasteiger partial charge on any atom is -0.309 e. The number of hydrogen-bond acceptors (Lipinski definition) is 2. The molecule has 1 rings (SSSR count). The molecule has 0 radical (unpaired) electrons. The summed E-state index contributed by atoms with van der Waals surface area (Å²) in [4.78, 5) is 2.38. The van der Waals surface area contributed by atoms with Crippen molar-refractivity contribution in [1.29, 1.82) is 0 Å². The first kappa shape index (κ1) is 18.1. The van der Waals surface area contributed by atoms with Gasteiger partial charge in [0.15, 0.2) is 11.6 Å². The molecule has 0 amide bonds. The second kappa shape index (κ2) is 7.85. The van der Waals surface area contributed by atoms with Crippen LogP contribution in [0.4, 0.5) is 8.78 Å². The Kier molecular flexibility index (Phi) is 6.75. The molecule has 0 bridgehead atoms. The zero-order chi connectivity index (χ0) is 16.0. The Hall–Kier alpha value is -1.00. The molecule has 1 aromatic carbocycles. The van der Waals surface area contributed by atoms with E-state index in [1.807, 2.05) is 6.92 Å². The van der Waals surface area contributed by atoms with Crippen LogP contribution in [0.25, 0.3) is 0 Å². The minimum absolute atomic E-state index is 0.0394. The van der Waals surface area contributed by atoms with Gasteiger partial charge in [0, 0.05) is 5.54 Å². The van der Waals surface area contributed by atoms with Crippen molar-refractivity contribution in [2.45, 2.75) is 52.6 Å². The number of rotatable bonds is 8. The molecular weight excluding hydrogens is 270 g/mol. The summed E-state index contributed by atoms with van der Waals surface area (Å²) in [6.45, 7) is 13.2. The lowest BCUT2D eigenvalue weighted by Crippen LogP contribution is -2.54. The van der Waals surface area contributed by atoms with Crippen LogP contribution in [-0.2, 0) is 0 Å².